The van der Waals surface area contributed by atoms with Crippen LogP contribution >= 0.6 is 0 Å². The zero-order valence-electron chi connectivity index (χ0n) is 15.3. The van der Waals surface area contributed by atoms with Gasteiger partial charge in [-0.15, -0.1) is 0 Å². The number of hydrogen-bond donors (Lipinski definition) is 0. The molecule has 0 fully saturated rings. The summed E-state index contributed by atoms with van der Waals surface area (Å²) >= 11 is 0. The average molecular weight is 344 g/mol. The van der Waals surface area contributed by atoms with Crippen molar-refractivity contribution in [1.29, 1.82) is 0 Å². The van der Waals surface area contributed by atoms with E-state index < -0.39 is 0 Å². The van der Waals surface area contributed by atoms with Gasteiger partial charge in [-0.25, -0.2) is 0 Å². The second kappa shape index (κ2) is 6.41. The molecule has 0 aliphatic carbocycles. The van der Waals surface area contributed by atoms with Crippen LogP contribution < -0.4 is 0 Å². The van der Waals surface area contributed by atoms with Gasteiger partial charge >= 0.3 is 0 Å². The van der Waals surface area contributed by atoms with Crippen LogP contribution in [0.4, 0.5) is 0 Å². The fraction of sp³-hybridized carbons (Fsp3) is 0.0370. The molecule has 128 valence electrons. The van der Waals surface area contributed by atoms with Crippen LogP contribution in [0.1, 0.15) is 5.56 Å². The van der Waals surface area contributed by atoms with Gasteiger partial charge in [-0.3, -0.25) is 0 Å². The third kappa shape index (κ3) is 2.71. The molecule has 5 aromatic rings. The molecule has 0 heterocycles. The van der Waals surface area contributed by atoms with Crippen LogP contribution in [-0.4, -0.2) is 0 Å². The normalized spacial score (nSPS) is 11.1. The van der Waals surface area contributed by atoms with Crippen molar-refractivity contribution in [1.82, 2.24) is 0 Å². The van der Waals surface area contributed by atoms with Crippen LogP contribution in [0.15, 0.2) is 103 Å². The minimum atomic E-state index is 1.26. The number of rotatable bonds is 2. The van der Waals surface area contributed by atoms with Crippen LogP contribution in [0, 0.1) is 6.92 Å². The molecule has 0 N–H and O–H groups in total. The van der Waals surface area contributed by atoms with Crippen LogP contribution in [-0.2, 0) is 0 Å². The van der Waals surface area contributed by atoms with Gasteiger partial charge in [0.05, 0.1) is 0 Å². The predicted molar refractivity (Wildman–Crippen MR) is 117 cm³/mol. The Hall–Kier alpha value is -3.38. The lowest BCUT2D eigenvalue weighted by Gasteiger charge is -2.11. The summed E-state index contributed by atoms with van der Waals surface area (Å²) in [5.41, 5.74) is 6.41. The summed E-state index contributed by atoms with van der Waals surface area (Å²) in [6, 6.07) is 37.2. The highest BCUT2D eigenvalue weighted by molar-refractivity contribution is 6.00. The Morgan fingerprint density at radius 1 is 0.407 bits per heavy atom. The fourth-order valence-corrected chi connectivity index (χ4v) is 4.01. The maximum absolute atomic E-state index is 2.24. The highest BCUT2D eigenvalue weighted by Gasteiger charge is 2.07. The second-order valence-corrected chi connectivity index (χ2v) is 7.08. The minimum absolute atomic E-state index is 1.26. The van der Waals surface area contributed by atoms with Gasteiger partial charge in [0.25, 0.3) is 0 Å². The average Bonchev–Trinajstić information content (AvgIpc) is 2.74. The highest BCUT2D eigenvalue weighted by atomic mass is 14.1. The van der Waals surface area contributed by atoms with E-state index >= 15 is 0 Å². The number of hydrogen-bond acceptors (Lipinski definition) is 0. The van der Waals surface area contributed by atoms with Crippen molar-refractivity contribution in [3.05, 3.63) is 109 Å². The van der Waals surface area contributed by atoms with Gasteiger partial charge in [0.1, 0.15) is 0 Å². The first-order valence-electron chi connectivity index (χ1n) is 9.38. The predicted octanol–water partition coefficient (Wildman–Crippen LogP) is 7.64. The van der Waals surface area contributed by atoms with E-state index in [-0.39, 0.29) is 0 Å². The largest absolute Gasteiger partial charge is 0.0616 e. The summed E-state index contributed by atoms with van der Waals surface area (Å²) in [5, 5.41) is 5.22. The summed E-state index contributed by atoms with van der Waals surface area (Å²) in [5.74, 6) is 0. The molecule has 0 nitrogen and oxygen atoms in total. The standard InChI is InChI=1S/C27H20/c1-19-13-18-26(27-11-5-4-9-23(19)27)22-16-14-21(15-17-22)25-12-6-8-20-7-2-3-10-24(20)25/h2-18H,1H3. The molecule has 0 aliphatic heterocycles. The molecule has 0 atom stereocenters. The lowest BCUT2D eigenvalue weighted by Crippen LogP contribution is -1.85. The van der Waals surface area contributed by atoms with Crippen molar-refractivity contribution in [3.63, 3.8) is 0 Å². The molecule has 0 aromatic heterocycles. The van der Waals surface area contributed by atoms with Crippen molar-refractivity contribution in [2.75, 3.05) is 0 Å². The Bertz CT molecular complexity index is 1260. The third-order valence-electron chi connectivity index (χ3n) is 5.44. The Balaban J connectivity index is 1.63. The molecule has 0 amide bonds. The Kier molecular flexibility index (Phi) is 3.76. The first kappa shape index (κ1) is 15.8. The summed E-state index contributed by atoms with van der Waals surface area (Å²) < 4.78 is 0. The van der Waals surface area contributed by atoms with Crippen molar-refractivity contribution >= 4 is 21.5 Å². The molecule has 0 bridgehead atoms. The monoisotopic (exact) mass is 344 g/mol. The molecule has 0 aliphatic rings. The van der Waals surface area contributed by atoms with E-state index in [0.29, 0.717) is 0 Å². The maximum atomic E-state index is 2.24. The number of aryl methyl sites for hydroxylation is 1. The van der Waals surface area contributed by atoms with Crippen LogP contribution in [0.5, 0.6) is 0 Å². The SMILES string of the molecule is Cc1ccc(-c2ccc(-c3cccc4ccccc34)cc2)c2ccccc12. The minimum Gasteiger partial charge on any atom is -0.0616 e. The lowest BCUT2D eigenvalue weighted by atomic mass is 9.93. The zero-order valence-corrected chi connectivity index (χ0v) is 15.3. The summed E-state index contributed by atoms with van der Waals surface area (Å²) in [4.78, 5) is 0. The van der Waals surface area contributed by atoms with Gasteiger partial charge in [0, 0.05) is 0 Å². The van der Waals surface area contributed by atoms with E-state index in [1.165, 1.54) is 49.4 Å². The van der Waals surface area contributed by atoms with Crippen LogP contribution in [0.3, 0.4) is 0 Å². The van der Waals surface area contributed by atoms with Gasteiger partial charge in [0.2, 0.25) is 0 Å². The van der Waals surface area contributed by atoms with E-state index in [0.717, 1.165) is 0 Å². The van der Waals surface area contributed by atoms with Gasteiger partial charge in [-0.1, -0.05) is 103 Å². The smallest absolute Gasteiger partial charge is 0.0103 e. The van der Waals surface area contributed by atoms with E-state index in [9.17, 15) is 0 Å². The molecule has 0 saturated heterocycles. The molecule has 0 saturated carbocycles. The molecular formula is C27H20. The first-order valence-corrected chi connectivity index (χ1v) is 9.38. The van der Waals surface area contributed by atoms with Crippen molar-refractivity contribution < 1.29 is 0 Å². The van der Waals surface area contributed by atoms with Gasteiger partial charge < -0.3 is 0 Å². The zero-order chi connectivity index (χ0) is 18.2. The molecule has 5 rings (SSSR count). The van der Waals surface area contributed by atoms with E-state index in [2.05, 4.69) is 110 Å². The Morgan fingerprint density at radius 3 is 1.70 bits per heavy atom. The number of benzene rings is 5. The van der Waals surface area contributed by atoms with E-state index in [4.69, 9.17) is 0 Å². The lowest BCUT2D eigenvalue weighted by molar-refractivity contribution is 1.52. The second-order valence-electron chi connectivity index (χ2n) is 7.08. The van der Waals surface area contributed by atoms with Gasteiger partial charge in [0.15, 0.2) is 0 Å². The summed E-state index contributed by atoms with van der Waals surface area (Å²) in [7, 11) is 0. The van der Waals surface area contributed by atoms with Crippen molar-refractivity contribution in [2.24, 2.45) is 0 Å². The molecule has 0 unspecified atom stereocenters. The fourth-order valence-electron chi connectivity index (χ4n) is 4.01. The molecule has 0 radical (unpaired) electrons. The Labute approximate surface area is 159 Å². The topological polar surface area (TPSA) is 0 Å². The first-order chi connectivity index (χ1) is 13.3. The van der Waals surface area contributed by atoms with Crippen molar-refractivity contribution in [2.45, 2.75) is 6.92 Å². The van der Waals surface area contributed by atoms with Crippen LogP contribution in [0.2, 0.25) is 0 Å². The highest BCUT2D eigenvalue weighted by Crippen LogP contribution is 2.33. The molecule has 0 spiro atoms. The molecular weight excluding hydrogens is 324 g/mol. The van der Waals surface area contributed by atoms with Gasteiger partial charge in [-0.2, -0.15) is 0 Å². The molecule has 5 aromatic carbocycles. The summed E-state index contributed by atoms with van der Waals surface area (Å²) in [6.07, 6.45) is 0. The Morgan fingerprint density at radius 2 is 0.963 bits per heavy atom. The quantitative estimate of drug-likeness (QED) is 0.309. The van der Waals surface area contributed by atoms with E-state index in [1.807, 2.05) is 0 Å². The van der Waals surface area contributed by atoms with Gasteiger partial charge in [-0.05, 0) is 56.3 Å². The third-order valence-corrected chi connectivity index (χ3v) is 5.44. The van der Waals surface area contributed by atoms with Crippen LogP contribution in [0.25, 0.3) is 43.8 Å². The maximum Gasteiger partial charge on any atom is -0.0103 e. The molecule has 0 heteroatoms. The van der Waals surface area contributed by atoms with Crippen molar-refractivity contribution in [3.8, 4) is 22.3 Å². The summed E-state index contributed by atoms with van der Waals surface area (Å²) in [6.45, 7) is 2.18. The van der Waals surface area contributed by atoms with E-state index in [1.54, 1.807) is 0 Å². The number of fused-ring (bicyclic) bond motifs is 2. The molecule has 27 heavy (non-hydrogen) atoms.